The van der Waals surface area contributed by atoms with Crippen molar-refractivity contribution in [2.24, 2.45) is 0 Å². The first-order chi connectivity index (χ1) is 14.3. The number of morpholine rings is 1. The molecule has 0 aromatic heterocycles. The summed E-state index contributed by atoms with van der Waals surface area (Å²) in [6, 6.07) is 6.68. The van der Waals surface area contributed by atoms with Crippen LogP contribution in [-0.2, 0) is 23.9 Å². The van der Waals surface area contributed by atoms with Gasteiger partial charge in [0, 0.05) is 24.5 Å². The Labute approximate surface area is 174 Å². The Kier molecular flexibility index (Phi) is 6.56. The van der Waals surface area contributed by atoms with Crippen LogP contribution in [0.5, 0.6) is 0 Å². The van der Waals surface area contributed by atoms with Gasteiger partial charge >= 0.3 is 12.0 Å². The largest absolute Gasteiger partial charge is 0.454 e. The predicted octanol–water partition coefficient (Wildman–Crippen LogP) is 0.725. The first-order valence-corrected chi connectivity index (χ1v) is 9.85. The van der Waals surface area contributed by atoms with Crippen molar-refractivity contribution in [3.8, 4) is 0 Å². The number of rotatable bonds is 7. The molecule has 10 nitrogen and oxygen atoms in total. The number of hydrogen-bond donors (Lipinski definition) is 2. The molecule has 1 aromatic rings. The summed E-state index contributed by atoms with van der Waals surface area (Å²) in [6.07, 6.45) is 0.399. The second-order valence-electron chi connectivity index (χ2n) is 7.36. The fourth-order valence-electron chi connectivity index (χ4n) is 3.23. The average molecular weight is 418 g/mol. The van der Waals surface area contributed by atoms with Crippen LogP contribution in [0.2, 0.25) is 0 Å². The Morgan fingerprint density at radius 1 is 1.20 bits per heavy atom. The summed E-state index contributed by atoms with van der Waals surface area (Å²) in [6.45, 7) is 5.31. The van der Waals surface area contributed by atoms with Gasteiger partial charge in [-0.1, -0.05) is 6.92 Å². The Bertz CT molecular complexity index is 821. The molecule has 10 heteroatoms. The van der Waals surface area contributed by atoms with Crippen LogP contribution in [0.3, 0.4) is 0 Å². The molecule has 4 amide bonds. The van der Waals surface area contributed by atoms with E-state index in [0.29, 0.717) is 25.3 Å². The molecule has 3 rings (SSSR count). The van der Waals surface area contributed by atoms with Gasteiger partial charge < -0.3 is 25.0 Å². The van der Waals surface area contributed by atoms with Crippen molar-refractivity contribution in [3.63, 3.8) is 0 Å². The summed E-state index contributed by atoms with van der Waals surface area (Å²) >= 11 is 0. The number of nitrogens with zero attached hydrogens (tertiary/aromatic N) is 2. The zero-order valence-electron chi connectivity index (χ0n) is 17.1. The minimum atomic E-state index is -1.03. The average Bonchev–Trinajstić information content (AvgIpc) is 2.97. The summed E-state index contributed by atoms with van der Waals surface area (Å²) in [4.78, 5) is 51.2. The SMILES string of the molecule is CC[C@]1(C)NC(=O)N(CC(=O)OCC(=O)Nc2ccc(N3CCOCC3)cc2)C1=O. The van der Waals surface area contributed by atoms with Gasteiger partial charge in [-0.2, -0.15) is 0 Å². The van der Waals surface area contributed by atoms with Gasteiger partial charge in [0.15, 0.2) is 6.61 Å². The van der Waals surface area contributed by atoms with Crippen molar-refractivity contribution in [2.45, 2.75) is 25.8 Å². The molecule has 0 unspecified atom stereocenters. The topological polar surface area (TPSA) is 117 Å². The van der Waals surface area contributed by atoms with Gasteiger partial charge in [0.25, 0.3) is 11.8 Å². The van der Waals surface area contributed by atoms with Gasteiger partial charge in [-0.25, -0.2) is 4.79 Å². The lowest BCUT2D eigenvalue weighted by atomic mass is 9.99. The number of benzene rings is 1. The number of hydrogen-bond acceptors (Lipinski definition) is 7. The Morgan fingerprint density at radius 3 is 2.47 bits per heavy atom. The predicted molar refractivity (Wildman–Crippen MR) is 108 cm³/mol. The number of carbonyl (C=O) groups excluding carboxylic acids is 4. The van der Waals surface area contributed by atoms with Crippen molar-refractivity contribution < 1.29 is 28.7 Å². The quantitative estimate of drug-likeness (QED) is 0.495. The van der Waals surface area contributed by atoms with Crippen LogP contribution in [0.25, 0.3) is 0 Å². The zero-order chi connectivity index (χ0) is 21.7. The smallest absolute Gasteiger partial charge is 0.326 e. The number of ether oxygens (including phenoxy) is 2. The van der Waals surface area contributed by atoms with Crippen LogP contribution in [0, 0.1) is 0 Å². The Hall–Kier alpha value is -3.14. The molecule has 2 fully saturated rings. The van der Waals surface area contributed by atoms with Gasteiger partial charge in [0.2, 0.25) is 0 Å². The number of imide groups is 1. The lowest BCUT2D eigenvalue weighted by molar-refractivity contribution is -0.150. The normalized spacial score (nSPS) is 21.4. The molecule has 0 radical (unpaired) electrons. The molecule has 2 saturated heterocycles. The molecule has 2 aliphatic rings. The maximum Gasteiger partial charge on any atom is 0.326 e. The van der Waals surface area contributed by atoms with Gasteiger partial charge in [0.1, 0.15) is 12.1 Å². The molecule has 30 heavy (non-hydrogen) atoms. The maximum atomic E-state index is 12.3. The summed E-state index contributed by atoms with van der Waals surface area (Å²) in [5.74, 6) is -1.84. The second kappa shape index (κ2) is 9.12. The molecule has 2 N–H and O–H groups in total. The van der Waals surface area contributed by atoms with Gasteiger partial charge in [-0.05, 0) is 37.6 Å². The van der Waals surface area contributed by atoms with Crippen molar-refractivity contribution in [1.82, 2.24) is 10.2 Å². The molecular formula is C20H26N4O6. The Balaban J connectivity index is 1.44. The summed E-state index contributed by atoms with van der Waals surface area (Å²) in [5.41, 5.74) is 0.582. The highest BCUT2D eigenvalue weighted by atomic mass is 16.5. The van der Waals surface area contributed by atoms with E-state index in [4.69, 9.17) is 9.47 Å². The van der Waals surface area contributed by atoms with Crippen LogP contribution in [0.15, 0.2) is 24.3 Å². The summed E-state index contributed by atoms with van der Waals surface area (Å²) in [5, 5.41) is 5.19. The molecule has 0 aliphatic carbocycles. The van der Waals surface area contributed by atoms with Gasteiger partial charge in [0.05, 0.1) is 13.2 Å². The molecule has 2 heterocycles. The van der Waals surface area contributed by atoms with Crippen molar-refractivity contribution >= 4 is 35.2 Å². The standard InChI is InChI=1S/C20H26N4O6/c1-3-20(2)18(27)24(19(28)22-20)12-17(26)30-13-16(25)21-14-4-6-15(7-5-14)23-8-10-29-11-9-23/h4-7H,3,8-13H2,1-2H3,(H,21,25)(H,22,28)/t20-/m0/s1. The molecule has 0 saturated carbocycles. The monoisotopic (exact) mass is 418 g/mol. The number of nitrogens with one attached hydrogen (secondary N) is 2. The molecule has 0 bridgehead atoms. The van der Waals surface area contributed by atoms with E-state index in [1.165, 1.54) is 0 Å². The van der Waals surface area contributed by atoms with E-state index in [0.717, 1.165) is 23.7 Å². The fourth-order valence-corrected chi connectivity index (χ4v) is 3.23. The molecule has 1 aromatic carbocycles. The fraction of sp³-hybridized carbons (Fsp3) is 0.500. The van der Waals surface area contributed by atoms with Gasteiger partial charge in [-0.3, -0.25) is 19.3 Å². The van der Waals surface area contributed by atoms with E-state index in [2.05, 4.69) is 15.5 Å². The third-order valence-corrected chi connectivity index (χ3v) is 5.23. The summed E-state index contributed by atoms with van der Waals surface area (Å²) in [7, 11) is 0. The van der Waals surface area contributed by atoms with Crippen LogP contribution >= 0.6 is 0 Å². The lowest BCUT2D eigenvalue weighted by Gasteiger charge is -2.28. The van der Waals surface area contributed by atoms with Crippen LogP contribution in [0.1, 0.15) is 20.3 Å². The molecule has 2 aliphatic heterocycles. The zero-order valence-corrected chi connectivity index (χ0v) is 17.1. The van der Waals surface area contributed by atoms with E-state index in [1.807, 2.05) is 12.1 Å². The minimum absolute atomic E-state index is 0.399. The molecule has 1 atom stereocenters. The second-order valence-corrected chi connectivity index (χ2v) is 7.36. The van der Waals surface area contributed by atoms with Crippen molar-refractivity contribution in [1.29, 1.82) is 0 Å². The first-order valence-electron chi connectivity index (χ1n) is 9.85. The first kappa shape index (κ1) is 21.6. The number of urea groups is 1. The van der Waals surface area contributed by atoms with E-state index in [9.17, 15) is 19.2 Å². The van der Waals surface area contributed by atoms with E-state index < -0.39 is 42.5 Å². The maximum absolute atomic E-state index is 12.3. The highest BCUT2D eigenvalue weighted by molar-refractivity contribution is 6.08. The highest BCUT2D eigenvalue weighted by Crippen LogP contribution is 2.21. The number of esters is 1. The minimum Gasteiger partial charge on any atom is -0.454 e. The highest BCUT2D eigenvalue weighted by Gasteiger charge is 2.47. The molecule has 162 valence electrons. The lowest BCUT2D eigenvalue weighted by Crippen LogP contribution is -2.43. The van der Waals surface area contributed by atoms with E-state index in [-0.39, 0.29) is 0 Å². The van der Waals surface area contributed by atoms with Crippen LogP contribution < -0.4 is 15.5 Å². The number of amides is 4. The van der Waals surface area contributed by atoms with Crippen LogP contribution in [-0.4, -0.2) is 73.7 Å². The van der Waals surface area contributed by atoms with Gasteiger partial charge in [-0.15, -0.1) is 0 Å². The molecular weight excluding hydrogens is 392 g/mol. The Morgan fingerprint density at radius 2 is 1.87 bits per heavy atom. The molecule has 0 spiro atoms. The van der Waals surface area contributed by atoms with E-state index >= 15 is 0 Å². The number of anilines is 2. The summed E-state index contributed by atoms with van der Waals surface area (Å²) < 4.78 is 10.2. The third kappa shape index (κ3) is 4.88. The van der Waals surface area contributed by atoms with Crippen molar-refractivity contribution in [2.75, 3.05) is 49.7 Å². The number of carbonyl (C=O) groups is 4. The van der Waals surface area contributed by atoms with E-state index in [1.54, 1.807) is 26.0 Å². The third-order valence-electron chi connectivity index (χ3n) is 5.23. The van der Waals surface area contributed by atoms with Crippen LogP contribution in [0.4, 0.5) is 16.2 Å². The van der Waals surface area contributed by atoms with Crippen molar-refractivity contribution in [3.05, 3.63) is 24.3 Å².